The fraction of sp³-hybridized carbons (Fsp3) is 0.385. The van der Waals surface area contributed by atoms with E-state index in [2.05, 4.69) is 0 Å². The average Bonchev–Trinajstić information content (AvgIpc) is 2.35. The lowest BCUT2D eigenvalue weighted by molar-refractivity contribution is -0.137. The van der Waals surface area contributed by atoms with Crippen LogP contribution >= 0.6 is 0 Å². The standard InChI is InChI=1S/C13H18N2O4/c14-10(3-6-13(17)18)7-9-1-4-11(5-2-9)19-8-12(15)16/h1-2,4-5,10H,3,6-8,14H2,(H2,15,16)(H,17,18). The van der Waals surface area contributed by atoms with Crippen LogP contribution in [0.1, 0.15) is 18.4 Å². The Kier molecular flexibility index (Phi) is 5.81. The number of carboxylic acid groups (broad SMARTS) is 1. The quantitative estimate of drug-likeness (QED) is 0.625. The Labute approximate surface area is 111 Å². The monoisotopic (exact) mass is 266 g/mol. The molecule has 19 heavy (non-hydrogen) atoms. The zero-order valence-electron chi connectivity index (χ0n) is 10.5. The first-order valence-electron chi connectivity index (χ1n) is 5.95. The largest absolute Gasteiger partial charge is 0.484 e. The van der Waals surface area contributed by atoms with Gasteiger partial charge in [0.2, 0.25) is 0 Å². The molecule has 6 heteroatoms. The van der Waals surface area contributed by atoms with Gasteiger partial charge in [0.15, 0.2) is 6.61 Å². The van der Waals surface area contributed by atoms with E-state index in [0.717, 1.165) is 5.56 Å². The Morgan fingerprint density at radius 2 is 1.89 bits per heavy atom. The van der Waals surface area contributed by atoms with Crippen molar-refractivity contribution in [3.05, 3.63) is 29.8 Å². The van der Waals surface area contributed by atoms with Crippen molar-refractivity contribution < 1.29 is 19.4 Å². The van der Waals surface area contributed by atoms with Crippen LogP contribution in [0.25, 0.3) is 0 Å². The predicted octanol–water partition coefficient (Wildman–Crippen LogP) is 0.285. The summed E-state index contributed by atoms with van der Waals surface area (Å²) in [5.41, 5.74) is 11.8. The van der Waals surface area contributed by atoms with Gasteiger partial charge in [-0.05, 0) is 30.5 Å². The van der Waals surface area contributed by atoms with Gasteiger partial charge in [0.25, 0.3) is 5.91 Å². The van der Waals surface area contributed by atoms with Crippen LogP contribution in [0.15, 0.2) is 24.3 Å². The first-order chi connectivity index (χ1) is 8.97. The Bertz CT molecular complexity index is 431. The molecule has 1 amide bonds. The summed E-state index contributed by atoms with van der Waals surface area (Å²) in [6.07, 6.45) is 1.11. The number of ether oxygens (including phenoxy) is 1. The lowest BCUT2D eigenvalue weighted by Gasteiger charge is -2.11. The Hall–Kier alpha value is -2.08. The van der Waals surface area contributed by atoms with Crippen molar-refractivity contribution >= 4 is 11.9 Å². The Morgan fingerprint density at radius 1 is 1.26 bits per heavy atom. The van der Waals surface area contributed by atoms with Gasteiger partial charge in [-0.25, -0.2) is 0 Å². The number of carboxylic acids is 1. The molecule has 0 bridgehead atoms. The minimum absolute atomic E-state index is 0.0704. The molecular weight excluding hydrogens is 248 g/mol. The molecule has 104 valence electrons. The van der Waals surface area contributed by atoms with Crippen LogP contribution < -0.4 is 16.2 Å². The van der Waals surface area contributed by atoms with Crippen molar-refractivity contribution in [2.45, 2.75) is 25.3 Å². The number of carbonyl (C=O) groups is 2. The molecule has 0 spiro atoms. The fourth-order valence-electron chi connectivity index (χ4n) is 1.59. The second-order valence-corrected chi connectivity index (χ2v) is 4.30. The van der Waals surface area contributed by atoms with Crippen LogP contribution in [0.4, 0.5) is 0 Å². The molecule has 0 aliphatic rings. The molecule has 0 heterocycles. The van der Waals surface area contributed by atoms with Gasteiger partial charge in [-0.15, -0.1) is 0 Å². The van der Waals surface area contributed by atoms with E-state index < -0.39 is 11.9 Å². The van der Waals surface area contributed by atoms with Crippen molar-refractivity contribution in [3.8, 4) is 5.75 Å². The number of carbonyl (C=O) groups excluding carboxylic acids is 1. The number of amides is 1. The van der Waals surface area contributed by atoms with E-state index in [9.17, 15) is 9.59 Å². The highest BCUT2D eigenvalue weighted by atomic mass is 16.5. The third-order valence-electron chi connectivity index (χ3n) is 2.53. The molecule has 1 unspecified atom stereocenters. The van der Waals surface area contributed by atoms with Crippen LogP contribution in [0, 0.1) is 0 Å². The van der Waals surface area contributed by atoms with Gasteiger partial charge in [0.05, 0.1) is 0 Å². The molecule has 1 atom stereocenters. The molecule has 1 aromatic rings. The fourth-order valence-corrected chi connectivity index (χ4v) is 1.59. The van der Waals surface area contributed by atoms with E-state index in [4.69, 9.17) is 21.3 Å². The highest BCUT2D eigenvalue weighted by Crippen LogP contribution is 2.14. The van der Waals surface area contributed by atoms with E-state index in [1.165, 1.54) is 0 Å². The molecule has 6 nitrogen and oxygen atoms in total. The molecule has 0 aliphatic carbocycles. The minimum Gasteiger partial charge on any atom is -0.484 e. The van der Waals surface area contributed by atoms with Gasteiger partial charge >= 0.3 is 5.97 Å². The molecular formula is C13H18N2O4. The number of primary amides is 1. The van der Waals surface area contributed by atoms with Crippen molar-refractivity contribution in [2.24, 2.45) is 11.5 Å². The number of rotatable bonds is 8. The van der Waals surface area contributed by atoms with E-state index in [-0.39, 0.29) is 19.1 Å². The van der Waals surface area contributed by atoms with E-state index in [1.54, 1.807) is 12.1 Å². The number of hydrogen-bond donors (Lipinski definition) is 3. The van der Waals surface area contributed by atoms with Gasteiger partial charge in [0, 0.05) is 12.5 Å². The maximum atomic E-state index is 10.5. The second-order valence-electron chi connectivity index (χ2n) is 4.30. The van der Waals surface area contributed by atoms with E-state index in [0.29, 0.717) is 18.6 Å². The maximum Gasteiger partial charge on any atom is 0.303 e. The van der Waals surface area contributed by atoms with Crippen molar-refractivity contribution in [3.63, 3.8) is 0 Å². The lowest BCUT2D eigenvalue weighted by Crippen LogP contribution is -2.23. The minimum atomic E-state index is -0.842. The van der Waals surface area contributed by atoms with Crippen molar-refractivity contribution in [2.75, 3.05) is 6.61 Å². The molecule has 1 rings (SSSR count). The number of nitrogens with two attached hydrogens (primary N) is 2. The highest BCUT2D eigenvalue weighted by Gasteiger charge is 2.07. The van der Waals surface area contributed by atoms with Gasteiger partial charge in [-0.2, -0.15) is 0 Å². The molecule has 0 aromatic heterocycles. The first-order valence-corrected chi connectivity index (χ1v) is 5.95. The van der Waals surface area contributed by atoms with Crippen LogP contribution in [0.2, 0.25) is 0 Å². The van der Waals surface area contributed by atoms with Gasteiger partial charge in [-0.1, -0.05) is 12.1 Å². The molecule has 0 radical (unpaired) electrons. The summed E-state index contributed by atoms with van der Waals surface area (Å²) in [6, 6.07) is 6.92. The predicted molar refractivity (Wildman–Crippen MR) is 69.7 cm³/mol. The number of aliphatic carboxylic acids is 1. The smallest absolute Gasteiger partial charge is 0.303 e. The molecule has 0 aliphatic heterocycles. The summed E-state index contributed by atoms with van der Waals surface area (Å²) < 4.78 is 5.12. The Morgan fingerprint density at radius 3 is 2.42 bits per heavy atom. The van der Waals surface area contributed by atoms with Gasteiger partial charge < -0.3 is 21.3 Å². The summed E-state index contributed by atoms with van der Waals surface area (Å²) in [5, 5.41) is 8.56. The van der Waals surface area contributed by atoms with E-state index in [1.807, 2.05) is 12.1 Å². The zero-order valence-corrected chi connectivity index (χ0v) is 10.5. The van der Waals surface area contributed by atoms with Crippen LogP contribution in [-0.4, -0.2) is 29.6 Å². The van der Waals surface area contributed by atoms with Crippen molar-refractivity contribution in [1.82, 2.24) is 0 Å². The zero-order chi connectivity index (χ0) is 14.3. The normalized spacial score (nSPS) is 11.8. The number of hydrogen-bond acceptors (Lipinski definition) is 4. The summed E-state index contributed by atoms with van der Waals surface area (Å²) in [5.74, 6) is -0.813. The summed E-state index contributed by atoms with van der Waals surface area (Å²) >= 11 is 0. The third kappa shape index (κ3) is 6.42. The van der Waals surface area contributed by atoms with Crippen LogP contribution in [-0.2, 0) is 16.0 Å². The summed E-state index contributed by atoms with van der Waals surface area (Å²) in [6.45, 7) is -0.155. The molecule has 0 fully saturated rings. The maximum absolute atomic E-state index is 10.5. The first kappa shape index (κ1) is 15.0. The molecule has 1 aromatic carbocycles. The number of benzene rings is 1. The van der Waals surface area contributed by atoms with Crippen LogP contribution in [0.5, 0.6) is 5.75 Å². The summed E-state index contributed by atoms with van der Waals surface area (Å²) in [4.78, 5) is 21.0. The lowest BCUT2D eigenvalue weighted by atomic mass is 10.0. The van der Waals surface area contributed by atoms with Gasteiger partial charge in [0.1, 0.15) is 5.75 Å². The third-order valence-corrected chi connectivity index (χ3v) is 2.53. The van der Waals surface area contributed by atoms with E-state index >= 15 is 0 Å². The van der Waals surface area contributed by atoms with Crippen LogP contribution in [0.3, 0.4) is 0 Å². The second kappa shape index (κ2) is 7.38. The Balaban J connectivity index is 2.43. The highest BCUT2D eigenvalue weighted by molar-refractivity contribution is 5.75. The topological polar surface area (TPSA) is 116 Å². The van der Waals surface area contributed by atoms with Crippen molar-refractivity contribution in [1.29, 1.82) is 0 Å². The van der Waals surface area contributed by atoms with Gasteiger partial charge in [-0.3, -0.25) is 9.59 Å². The molecule has 0 saturated heterocycles. The molecule has 5 N–H and O–H groups in total. The SMILES string of the molecule is NC(=O)COc1ccc(CC(N)CCC(=O)O)cc1. The molecule has 0 saturated carbocycles. The summed E-state index contributed by atoms with van der Waals surface area (Å²) in [7, 11) is 0. The average molecular weight is 266 g/mol.